The third-order valence-corrected chi connectivity index (χ3v) is 12.4. The molecular weight excluding hydrogens is 836 g/mol. The van der Waals surface area contributed by atoms with Crippen LogP contribution in [0.15, 0.2) is 110 Å². The lowest BCUT2D eigenvalue weighted by molar-refractivity contribution is -0.133. The third-order valence-electron chi connectivity index (χ3n) is 10.9. The molecular formula is C45H48Cl5N5O3. The minimum Gasteiger partial charge on any atom is -0.489 e. The molecule has 1 saturated heterocycles. The van der Waals surface area contributed by atoms with Crippen LogP contribution in [-0.4, -0.2) is 82.6 Å². The largest absolute Gasteiger partial charge is 0.489 e. The molecule has 4 aromatic carbocycles. The molecule has 1 aliphatic carbocycles. The average molecular weight is 884 g/mol. The molecule has 1 aromatic heterocycles. The van der Waals surface area contributed by atoms with E-state index in [1.807, 2.05) is 55.3 Å². The summed E-state index contributed by atoms with van der Waals surface area (Å²) in [6, 6.07) is 29.7. The highest BCUT2D eigenvalue weighted by molar-refractivity contribution is 6.42. The van der Waals surface area contributed by atoms with E-state index in [-0.39, 0.29) is 24.5 Å². The molecule has 13 heteroatoms. The Morgan fingerprint density at radius 1 is 0.845 bits per heavy atom. The van der Waals surface area contributed by atoms with Crippen molar-refractivity contribution in [1.82, 2.24) is 24.3 Å². The number of benzene rings is 4. The average Bonchev–Trinajstić information content (AvgIpc) is 3.66. The number of imidazole rings is 1. The molecule has 5 aromatic rings. The Morgan fingerprint density at radius 3 is 2.14 bits per heavy atom. The first kappa shape index (κ1) is 43.8. The summed E-state index contributed by atoms with van der Waals surface area (Å²) in [6.45, 7) is 6.96. The van der Waals surface area contributed by atoms with Crippen LogP contribution in [0.3, 0.4) is 0 Å². The van der Waals surface area contributed by atoms with Crippen LogP contribution < -0.4 is 4.74 Å². The molecule has 2 fully saturated rings. The van der Waals surface area contributed by atoms with E-state index in [1.165, 1.54) is 29.3 Å². The van der Waals surface area contributed by atoms with Crippen molar-refractivity contribution in [2.24, 2.45) is 5.92 Å². The highest BCUT2D eigenvalue weighted by Gasteiger charge is 2.62. The lowest BCUT2D eigenvalue weighted by Crippen LogP contribution is -2.40. The summed E-state index contributed by atoms with van der Waals surface area (Å²) in [6.07, 6.45) is 8.66. The van der Waals surface area contributed by atoms with Gasteiger partial charge in [0, 0.05) is 44.1 Å². The molecule has 2 aliphatic rings. The number of ether oxygens (including phenoxy) is 1. The Kier molecular flexibility index (Phi) is 15.5. The van der Waals surface area contributed by atoms with E-state index in [0.717, 1.165) is 43.6 Å². The monoisotopic (exact) mass is 881 g/mol. The maximum absolute atomic E-state index is 13.9. The minimum absolute atomic E-state index is 0.152. The van der Waals surface area contributed by atoms with E-state index in [2.05, 4.69) is 52.3 Å². The van der Waals surface area contributed by atoms with Crippen molar-refractivity contribution in [3.8, 4) is 5.75 Å². The lowest BCUT2D eigenvalue weighted by atomic mass is 9.88. The molecule has 2 heterocycles. The van der Waals surface area contributed by atoms with Gasteiger partial charge in [0.15, 0.2) is 5.75 Å². The van der Waals surface area contributed by atoms with E-state index in [9.17, 15) is 9.59 Å². The number of likely N-dealkylation sites (N-methyl/N-ethyl adjacent to an activating group) is 1. The molecule has 2 amide bonds. The maximum Gasteiger partial charge on any atom is 0.329 e. The second kappa shape index (κ2) is 20.5. The van der Waals surface area contributed by atoms with E-state index in [0.29, 0.717) is 56.4 Å². The van der Waals surface area contributed by atoms with Gasteiger partial charge in [0.2, 0.25) is 5.91 Å². The van der Waals surface area contributed by atoms with Crippen molar-refractivity contribution >= 4 is 69.9 Å². The molecule has 0 spiro atoms. The summed E-state index contributed by atoms with van der Waals surface area (Å²) in [5, 5.41) is 2.15. The molecule has 2 atom stereocenters. The highest BCUT2D eigenvalue weighted by Crippen LogP contribution is 2.56. The topological polar surface area (TPSA) is 70.9 Å². The molecule has 306 valence electrons. The fourth-order valence-electron chi connectivity index (χ4n) is 7.85. The van der Waals surface area contributed by atoms with Crippen LogP contribution in [0, 0.1) is 5.92 Å². The van der Waals surface area contributed by atoms with Crippen LogP contribution >= 0.6 is 58.0 Å². The number of nitrogens with zero attached hydrogens (tertiary/aromatic N) is 5. The molecule has 0 radical (unpaired) electrons. The summed E-state index contributed by atoms with van der Waals surface area (Å²) >= 11 is 30.6. The number of rotatable bonds is 13. The van der Waals surface area contributed by atoms with Gasteiger partial charge in [0.05, 0.1) is 32.1 Å². The number of piperidine rings is 1. The predicted octanol–water partition coefficient (Wildman–Crippen LogP) is 11.4. The first-order chi connectivity index (χ1) is 28.0. The van der Waals surface area contributed by atoms with Gasteiger partial charge in [-0.05, 0) is 91.6 Å². The van der Waals surface area contributed by atoms with Gasteiger partial charge in [0.1, 0.15) is 12.9 Å². The Labute approximate surface area is 366 Å². The molecule has 0 bridgehead atoms. The summed E-state index contributed by atoms with van der Waals surface area (Å²) < 4.78 is 7.05. The Hall–Kier alpha value is -3.76. The number of amides is 2. The van der Waals surface area contributed by atoms with Gasteiger partial charge in [-0.1, -0.05) is 132 Å². The van der Waals surface area contributed by atoms with E-state index >= 15 is 0 Å². The van der Waals surface area contributed by atoms with Crippen molar-refractivity contribution < 1.29 is 14.3 Å². The summed E-state index contributed by atoms with van der Waals surface area (Å²) in [5.41, 5.74) is 3.03. The number of carbonyl (C=O) groups excluding carboxylic acids is 2. The van der Waals surface area contributed by atoms with Crippen molar-refractivity contribution in [3.05, 3.63) is 152 Å². The maximum atomic E-state index is 13.9. The predicted molar refractivity (Wildman–Crippen MR) is 236 cm³/mol. The first-order valence-electron chi connectivity index (χ1n) is 19.6. The molecule has 58 heavy (non-hydrogen) atoms. The van der Waals surface area contributed by atoms with Crippen LogP contribution in [0.25, 0.3) is 0 Å². The first-order valence-corrected chi connectivity index (χ1v) is 21.5. The van der Waals surface area contributed by atoms with Gasteiger partial charge in [-0.15, -0.1) is 0 Å². The molecule has 7 rings (SSSR count). The molecule has 0 N–H and O–H groups in total. The molecule has 1 saturated carbocycles. The van der Waals surface area contributed by atoms with E-state index in [1.54, 1.807) is 29.4 Å². The van der Waals surface area contributed by atoms with Crippen LogP contribution in [0.1, 0.15) is 55.2 Å². The second-order valence-electron chi connectivity index (χ2n) is 14.9. The normalized spacial score (nSPS) is 17.9. The molecule has 1 aliphatic heterocycles. The number of hydrogen-bond acceptors (Lipinski definition) is 5. The van der Waals surface area contributed by atoms with Gasteiger partial charge in [-0.3, -0.25) is 9.36 Å². The molecule has 8 nitrogen and oxygen atoms in total. The zero-order chi connectivity index (χ0) is 41.2. The van der Waals surface area contributed by atoms with Crippen LogP contribution in [0.2, 0.25) is 25.1 Å². The Bertz CT molecular complexity index is 2090. The number of likely N-dealkylation sites (tertiary alicyclic amines) is 1. The van der Waals surface area contributed by atoms with Gasteiger partial charge in [0.25, 0.3) is 0 Å². The third kappa shape index (κ3) is 10.9. The van der Waals surface area contributed by atoms with E-state index in [4.69, 9.17) is 62.7 Å². The summed E-state index contributed by atoms with van der Waals surface area (Å²) in [4.78, 5) is 36.3. The lowest BCUT2D eigenvalue weighted by Gasteiger charge is -2.33. The minimum atomic E-state index is -0.534. The van der Waals surface area contributed by atoms with Crippen LogP contribution in [0.4, 0.5) is 4.79 Å². The van der Waals surface area contributed by atoms with Gasteiger partial charge in [-0.2, -0.15) is 0 Å². The standard InChI is InChI=1S/C30H32Cl2N2O.C15H16Cl3N3O2/c1-33(20-22-8-4-2-5-9-22)29(35)30(25-12-13-27(31)28(32)18-25)19-26(30)21-34-16-14-24(15-17-34)23-10-6-3-7-11-23;1-2-4-20(15(22)21-5-3-19-10-21)6-7-23-14-12(17)8-11(16)9-13(14)18/h2-13,18,24,26H,14-17,19-21H2,1H3;3,5,8-10H,2,4,6-7H2,1H3. The Morgan fingerprint density at radius 2 is 1.52 bits per heavy atom. The van der Waals surface area contributed by atoms with Gasteiger partial charge < -0.3 is 19.4 Å². The summed E-state index contributed by atoms with van der Waals surface area (Å²) in [7, 11) is 1.91. The fourth-order valence-corrected chi connectivity index (χ4v) is 9.08. The number of carbonyl (C=O) groups is 2. The van der Waals surface area contributed by atoms with Gasteiger partial charge in [-0.25, -0.2) is 9.78 Å². The fraction of sp³-hybridized carbons (Fsp3) is 0.356. The van der Waals surface area contributed by atoms with Crippen molar-refractivity contribution in [1.29, 1.82) is 0 Å². The van der Waals surface area contributed by atoms with Crippen molar-refractivity contribution in [2.75, 3.05) is 46.4 Å². The second-order valence-corrected chi connectivity index (χ2v) is 17.0. The van der Waals surface area contributed by atoms with Crippen LogP contribution in [-0.2, 0) is 16.8 Å². The SMILES string of the molecule is CCCN(CCOc1c(Cl)cc(Cl)cc1Cl)C(=O)n1ccnc1.CN(Cc1ccccc1)C(=O)C1(c2ccc(Cl)c(Cl)c2)CC1CN1CCC(c2ccccc2)CC1. The number of halogens is 5. The number of aromatic nitrogens is 2. The smallest absolute Gasteiger partial charge is 0.329 e. The van der Waals surface area contributed by atoms with Gasteiger partial charge >= 0.3 is 6.03 Å². The molecule has 2 unspecified atom stereocenters. The Balaban J connectivity index is 0.000000214. The highest BCUT2D eigenvalue weighted by atomic mass is 35.5. The quantitative estimate of drug-likeness (QED) is 0.118. The zero-order valence-electron chi connectivity index (χ0n) is 32.7. The zero-order valence-corrected chi connectivity index (χ0v) is 36.5. The van der Waals surface area contributed by atoms with Crippen LogP contribution in [0.5, 0.6) is 5.75 Å². The van der Waals surface area contributed by atoms with E-state index < -0.39 is 5.41 Å². The number of hydrogen-bond donors (Lipinski definition) is 0. The van der Waals surface area contributed by atoms with Crippen molar-refractivity contribution in [2.45, 2.75) is 50.5 Å². The van der Waals surface area contributed by atoms with Crippen molar-refractivity contribution in [3.63, 3.8) is 0 Å². The summed E-state index contributed by atoms with van der Waals surface area (Å²) in [5.74, 6) is 1.44.